The fourth-order valence-electron chi connectivity index (χ4n) is 3.17. The highest BCUT2D eigenvalue weighted by Crippen LogP contribution is 2.40. The molecule has 1 aliphatic rings. The van der Waals surface area contributed by atoms with Crippen molar-refractivity contribution in [3.8, 4) is 11.3 Å². The van der Waals surface area contributed by atoms with Crippen molar-refractivity contribution in [3.63, 3.8) is 0 Å². The van der Waals surface area contributed by atoms with Crippen LogP contribution in [0.5, 0.6) is 0 Å². The first-order valence-electron chi connectivity index (χ1n) is 8.02. The molecular weight excluding hydrogens is 332 g/mol. The summed E-state index contributed by atoms with van der Waals surface area (Å²) in [4.78, 5) is 8.16. The molecule has 0 unspecified atom stereocenters. The quantitative estimate of drug-likeness (QED) is 0.554. The lowest BCUT2D eigenvalue weighted by molar-refractivity contribution is -0.0328. The SMILES string of the molecule is CC.FC1(F)CCc2c(-c3ccnc(Cl)n3)c3ccccc3n2C1. The molecule has 0 bridgehead atoms. The summed E-state index contributed by atoms with van der Waals surface area (Å²) in [7, 11) is 0. The number of nitrogens with zero attached hydrogens (tertiary/aromatic N) is 3. The number of para-hydroxylation sites is 1. The minimum absolute atomic E-state index is 0.144. The molecule has 0 saturated carbocycles. The van der Waals surface area contributed by atoms with Crippen LogP contribution >= 0.6 is 11.6 Å². The number of rotatable bonds is 1. The number of fused-ring (bicyclic) bond motifs is 3. The van der Waals surface area contributed by atoms with Gasteiger partial charge in [0.2, 0.25) is 5.28 Å². The Labute approximate surface area is 144 Å². The van der Waals surface area contributed by atoms with Crippen molar-refractivity contribution in [2.75, 3.05) is 0 Å². The maximum Gasteiger partial charge on any atom is 0.266 e. The molecule has 4 rings (SSSR count). The van der Waals surface area contributed by atoms with Crippen LogP contribution in [-0.2, 0) is 13.0 Å². The number of alkyl halides is 2. The van der Waals surface area contributed by atoms with Crippen LogP contribution < -0.4 is 0 Å². The summed E-state index contributed by atoms with van der Waals surface area (Å²) in [6, 6.07) is 9.33. The second kappa shape index (κ2) is 6.48. The van der Waals surface area contributed by atoms with Crippen molar-refractivity contribution in [1.29, 1.82) is 0 Å². The molecule has 2 aromatic heterocycles. The van der Waals surface area contributed by atoms with Crippen LogP contribution in [0.4, 0.5) is 8.78 Å². The molecule has 0 fully saturated rings. The molecule has 6 heteroatoms. The van der Waals surface area contributed by atoms with Crippen LogP contribution in [0.2, 0.25) is 5.28 Å². The zero-order valence-corrected chi connectivity index (χ0v) is 14.3. The summed E-state index contributed by atoms with van der Waals surface area (Å²) in [6.07, 6.45) is 1.76. The minimum atomic E-state index is -2.67. The van der Waals surface area contributed by atoms with Gasteiger partial charge in [-0.25, -0.2) is 18.7 Å². The third-order valence-electron chi connectivity index (χ3n) is 4.08. The zero-order valence-electron chi connectivity index (χ0n) is 13.6. The summed E-state index contributed by atoms with van der Waals surface area (Å²) in [6.45, 7) is 3.71. The van der Waals surface area contributed by atoms with E-state index in [0.717, 1.165) is 22.2 Å². The highest BCUT2D eigenvalue weighted by Gasteiger charge is 2.36. The van der Waals surface area contributed by atoms with Gasteiger partial charge in [-0.05, 0) is 30.2 Å². The number of halogens is 3. The van der Waals surface area contributed by atoms with E-state index in [1.54, 1.807) is 16.8 Å². The van der Waals surface area contributed by atoms with Crippen LogP contribution in [0.25, 0.3) is 22.2 Å². The molecular formula is C18H18ClF2N3. The molecule has 24 heavy (non-hydrogen) atoms. The Morgan fingerprint density at radius 3 is 2.67 bits per heavy atom. The van der Waals surface area contributed by atoms with Gasteiger partial charge < -0.3 is 4.57 Å². The molecule has 3 aromatic rings. The Hall–Kier alpha value is -2.01. The maximum atomic E-state index is 13.8. The molecule has 126 valence electrons. The Morgan fingerprint density at radius 2 is 1.92 bits per heavy atom. The van der Waals surface area contributed by atoms with Gasteiger partial charge in [-0.2, -0.15) is 0 Å². The Kier molecular flexibility index (Phi) is 4.54. The van der Waals surface area contributed by atoms with Crippen molar-refractivity contribution >= 4 is 22.5 Å². The fraction of sp³-hybridized carbons (Fsp3) is 0.333. The van der Waals surface area contributed by atoms with Gasteiger partial charge in [-0.1, -0.05) is 32.0 Å². The van der Waals surface area contributed by atoms with Gasteiger partial charge in [-0.15, -0.1) is 0 Å². The smallest absolute Gasteiger partial charge is 0.266 e. The van der Waals surface area contributed by atoms with Gasteiger partial charge >= 0.3 is 0 Å². The van der Waals surface area contributed by atoms with E-state index in [4.69, 9.17) is 11.6 Å². The average Bonchev–Trinajstić information content (AvgIpc) is 2.89. The van der Waals surface area contributed by atoms with Gasteiger partial charge in [0.05, 0.1) is 12.2 Å². The normalized spacial score (nSPS) is 15.5. The molecule has 3 nitrogen and oxygen atoms in total. The number of aromatic nitrogens is 3. The van der Waals surface area contributed by atoms with Gasteiger partial charge in [0, 0.05) is 34.8 Å². The van der Waals surface area contributed by atoms with Gasteiger partial charge in [-0.3, -0.25) is 0 Å². The molecule has 0 saturated heterocycles. The van der Waals surface area contributed by atoms with E-state index in [0.29, 0.717) is 12.1 Å². The lowest BCUT2D eigenvalue weighted by Crippen LogP contribution is -2.30. The first-order valence-corrected chi connectivity index (χ1v) is 8.40. The summed E-state index contributed by atoms with van der Waals surface area (Å²) < 4.78 is 29.4. The highest BCUT2D eigenvalue weighted by molar-refractivity contribution is 6.28. The van der Waals surface area contributed by atoms with Crippen molar-refractivity contribution in [2.45, 2.75) is 39.2 Å². The molecule has 0 N–H and O–H groups in total. The monoisotopic (exact) mass is 349 g/mol. The summed E-state index contributed by atoms with van der Waals surface area (Å²) in [5, 5.41) is 1.08. The number of hydrogen-bond donors (Lipinski definition) is 0. The van der Waals surface area contributed by atoms with Crippen molar-refractivity contribution in [1.82, 2.24) is 14.5 Å². The van der Waals surface area contributed by atoms with Crippen LogP contribution in [0.1, 0.15) is 26.0 Å². The first kappa shape index (κ1) is 16.8. The Morgan fingerprint density at radius 1 is 1.17 bits per heavy atom. The van der Waals surface area contributed by atoms with Gasteiger partial charge in [0.1, 0.15) is 0 Å². The Balaban J connectivity index is 0.000000815. The van der Waals surface area contributed by atoms with E-state index < -0.39 is 5.92 Å². The third kappa shape index (κ3) is 2.88. The maximum absolute atomic E-state index is 13.8. The summed E-state index contributed by atoms with van der Waals surface area (Å²) in [5.74, 6) is -2.67. The summed E-state index contributed by atoms with van der Waals surface area (Å²) >= 11 is 5.89. The van der Waals surface area contributed by atoms with E-state index in [1.165, 1.54) is 0 Å². The number of benzene rings is 1. The van der Waals surface area contributed by atoms with Crippen LogP contribution in [0.15, 0.2) is 36.5 Å². The summed E-state index contributed by atoms with van der Waals surface area (Å²) in [5.41, 5.74) is 3.26. The molecule has 0 spiro atoms. The molecule has 0 amide bonds. The van der Waals surface area contributed by atoms with E-state index in [1.807, 2.05) is 38.1 Å². The zero-order chi connectivity index (χ0) is 17.3. The van der Waals surface area contributed by atoms with E-state index in [-0.39, 0.29) is 18.2 Å². The highest BCUT2D eigenvalue weighted by atomic mass is 35.5. The lowest BCUT2D eigenvalue weighted by atomic mass is 10.0. The van der Waals surface area contributed by atoms with E-state index in [9.17, 15) is 8.78 Å². The predicted octanol–water partition coefficient (Wildman–Crippen LogP) is 5.36. The van der Waals surface area contributed by atoms with E-state index >= 15 is 0 Å². The fourth-order valence-corrected chi connectivity index (χ4v) is 3.32. The minimum Gasteiger partial charge on any atom is -0.338 e. The number of hydrogen-bond acceptors (Lipinski definition) is 2. The molecule has 1 aliphatic heterocycles. The van der Waals surface area contributed by atoms with Crippen molar-refractivity contribution in [3.05, 3.63) is 47.5 Å². The van der Waals surface area contributed by atoms with Crippen LogP contribution in [-0.4, -0.2) is 20.5 Å². The largest absolute Gasteiger partial charge is 0.338 e. The molecule has 1 aromatic carbocycles. The average molecular weight is 350 g/mol. The Bertz CT molecular complexity index is 874. The molecule has 3 heterocycles. The molecule has 0 radical (unpaired) electrons. The third-order valence-corrected chi connectivity index (χ3v) is 4.26. The van der Waals surface area contributed by atoms with Gasteiger partial charge in [0.15, 0.2) is 0 Å². The first-order chi connectivity index (χ1) is 11.6. The second-order valence-corrected chi connectivity index (χ2v) is 5.83. The molecule has 0 atom stereocenters. The van der Waals surface area contributed by atoms with Crippen LogP contribution in [0.3, 0.4) is 0 Å². The van der Waals surface area contributed by atoms with Crippen LogP contribution in [0, 0.1) is 0 Å². The van der Waals surface area contributed by atoms with Crippen molar-refractivity contribution < 1.29 is 8.78 Å². The van der Waals surface area contributed by atoms with Gasteiger partial charge in [0.25, 0.3) is 5.92 Å². The predicted molar refractivity (Wildman–Crippen MR) is 92.6 cm³/mol. The molecule has 0 aliphatic carbocycles. The van der Waals surface area contributed by atoms with Crippen molar-refractivity contribution in [2.24, 2.45) is 0 Å². The topological polar surface area (TPSA) is 30.7 Å². The standard InChI is InChI=1S/C16H12ClF2N3.C2H6/c17-15-20-8-6-11(21-15)14-10-3-1-2-4-12(10)22-9-16(18,19)7-5-13(14)22;1-2/h1-4,6,8H,5,7,9H2;1-2H3. The second-order valence-electron chi connectivity index (χ2n) is 5.49. The van der Waals surface area contributed by atoms with E-state index in [2.05, 4.69) is 9.97 Å². The lowest BCUT2D eigenvalue weighted by Gasteiger charge is -2.25.